The highest BCUT2D eigenvalue weighted by molar-refractivity contribution is 5.87. The smallest absolute Gasteiger partial charge is 0.408 e. The van der Waals surface area contributed by atoms with E-state index in [1.54, 1.807) is 46.8 Å². The van der Waals surface area contributed by atoms with Crippen molar-refractivity contribution in [3.63, 3.8) is 0 Å². The number of nitrogens with one attached hydrogen (secondary N) is 1. The molecule has 1 atom stereocenters. The van der Waals surface area contributed by atoms with Gasteiger partial charge in [0.1, 0.15) is 23.0 Å². The number of aryl methyl sites for hydroxylation is 2. The van der Waals surface area contributed by atoms with Gasteiger partial charge in [0.25, 0.3) is 0 Å². The van der Waals surface area contributed by atoms with Gasteiger partial charge in [0.05, 0.1) is 0 Å². The van der Waals surface area contributed by atoms with Crippen LogP contribution in [0.3, 0.4) is 0 Å². The Labute approximate surface area is 157 Å². The quantitative estimate of drug-likeness (QED) is 0.498. The largest absolute Gasteiger partial charge is 0.444 e. The minimum Gasteiger partial charge on any atom is -0.444 e. The molecule has 0 aliphatic carbocycles. The van der Waals surface area contributed by atoms with E-state index >= 15 is 0 Å². The average Bonchev–Trinajstić information content (AvgIpc) is 2.53. The molecule has 0 spiro atoms. The molecule has 0 bridgehead atoms. The first-order chi connectivity index (χ1) is 12.5. The molecule has 1 aromatic heterocycles. The van der Waals surface area contributed by atoms with Crippen LogP contribution in [0.5, 0.6) is 5.75 Å². The zero-order chi connectivity index (χ0) is 20.4. The summed E-state index contributed by atoms with van der Waals surface area (Å²) in [5, 5.41) is 3.28. The number of carbonyl (C=O) groups is 2. The molecule has 1 amide bonds. The molecule has 0 fully saturated rings. The second kappa shape index (κ2) is 7.82. The van der Waals surface area contributed by atoms with Crippen LogP contribution in [-0.4, -0.2) is 23.7 Å². The number of benzene rings is 1. The Morgan fingerprint density at radius 2 is 1.89 bits per heavy atom. The van der Waals surface area contributed by atoms with Crippen molar-refractivity contribution in [1.82, 2.24) is 5.32 Å². The van der Waals surface area contributed by atoms with Crippen LogP contribution in [0.2, 0.25) is 0 Å². The van der Waals surface area contributed by atoms with Crippen molar-refractivity contribution in [2.45, 2.75) is 59.6 Å². The fourth-order valence-electron chi connectivity index (χ4n) is 2.57. The summed E-state index contributed by atoms with van der Waals surface area (Å²) in [6, 6.07) is 3.92. The van der Waals surface area contributed by atoms with Gasteiger partial charge in [-0.05, 0) is 58.7 Å². The predicted molar refractivity (Wildman–Crippen MR) is 101 cm³/mol. The molecule has 0 aliphatic rings. The van der Waals surface area contributed by atoms with Crippen LogP contribution in [0.25, 0.3) is 11.0 Å². The van der Waals surface area contributed by atoms with Crippen molar-refractivity contribution in [3.05, 3.63) is 39.7 Å². The molecule has 7 nitrogen and oxygen atoms in total. The second-order valence-electron chi connectivity index (χ2n) is 7.34. The Kier molecular flexibility index (Phi) is 5.93. The second-order valence-corrected chi connectivity index (χ2v) is 7.34. The molecular formula is C20H25NO6. The van der Waals surface area contributed by atoms with Crippen molar-refractivity contribution in [1.29, 1.82) is 0 Å². The number of esters is 1. The lowest BCUT2D eigenvalue weighted by Crippen LogP contribution is -2.44. The lowest BCUT2D eigenvalue weighted by molar-refractivity contribution is -0.136. The van der Waals surface area contributed by atoms with Gasteiger partial charge in [0.2, 0.25) is 0 Å². The summed E-state index contributed by atoms with van der Waals surface area (Å²) >= 11 is 0. The maximum atomic E-state index is 12.5. The van der Waals surface area contributed by atoms with E-state index in [0.29, 0.717) is 17.6 Å². The Balaban J connectivity index is 2.22. The minimum absolute atomic E-state index is 0.269. The van der Waals surface area contributed by atoms with E-state index in [1.165, 1.54) is 6.07 Å². The van der Waals surface area contributed by atoms with E-state index in [4.69, 9.17) is 13.9 Å². The normalized spacial score (nSPS) is 12.5. The summed E-state index contributed by atoms with van der Waals surface area (Å²) in [5.41, 5.74) is 0.549. The average molecular weight is 375 g/mol. The predicted octanol–water partition coefficient (Wildman–Crippen LogP) is 3.62. The van der Waals surface area contributed by atoms with Gasteiger partial charge in [-0.1, -0.05) is 6.92 Å². The number of carbonyl (C=O) groups excluding carboxylic acids is 2. The Morgan fingerprint density at radius 1 is 1.22 bits per heavy atom. The van der Waals surface area contributed by atoms with E-state index in [9.17, 15) is 14.4 Å². The van der Waals surface area contributed by atoms with E-state index in [0.717, 1.165) is 10.9 Å². The molecule has 27 heavy (non-hydrogen) atoms. The third-order valence-electron chi connectivity index (χ3n) is 3.91. The number of hydrogen-bond acceptors (Lipinski definition) is 6. The van der Waals surface area contributed by atoms with Crippen molar-refractivity contribution in [2.24, 2.45) is 0 Å². The Hall–Kier alpha value is -2.83. The van der Waals surface area contributed by atoms with Gasteiger partial charge in [0, 0.05) is 17.0 Å². The number of fused-ring (bicyclic) bond motifs is 1. The zero-order valence-corrected chi connectivity index (χ0v) is 16.5. The van der Waals surface area contributed by atoms with Crippen LogP contribution in [-0.2, 0) is 9.53 Å². The van der Waals surface area contributed by atoms with Gasteiger partial charge in [0.15, 0.2) is 0 Å². The summed E-state index contributed by atoms with van der Waals surface area (Å²) < 4.78 is 15.9. The van der Waals surface area contributed by atoms with Crippen LogP contribution >= 0.6 is 0 Å². The van der Waals surface area contributed by atoms with Gasteiger partial charge < -0.3 is 19.2 Å². The molecule has 2 rings (SSSR count). The molecule has 0 saturated carbocycles. The van der Waals surface area contributed by atoms with Crippen LogP contribution in [0, 0.1) is 13.8 Å². The minimum atomic E-state index is -0.862. The molecular weight excluding hydrogens is 350 g/mol. The summed E-state index contributed by atoms with van der Waals surface area (Å²) in [6.07, 6.45) is -0.359. The van der Waals surface area contributed by atoms with Crippen molar-refractivity contribution >= 4 is 23.0 Å². The van der Waals surface area contributed by atoms with Crippen molar-refractivity contribution in [3.8, 4) is 5.75 Å². The lowest BCUT2D eigenvalue weighted by atomic mass is 10.1. The SMILES string of the molecule is CC[C@@H](NC(=O)OC(C)(C)C)C(=O)Oc1ccc2c(C)cc(=O)oc2c1C. The Bertz CT molecular complexity index is 922. The molecule has 1 aromatic carbocycles. The number of hydrogen-bond donors (Lipinski definition) is 1. The molecule has 0 radical (unpaired) electrons. The molecule has 0 unspecified atom stereocenters. The van der Waals surface area contributed by atoms with E-state index in [-0.39, 0.29) is 5.75 Å². The van der Waals surface area contributed by atoms with E-state index < -0.39 is 29.3 Å². The third kappa shape index (κ3) is 5.09. The molecule has 146 valence electrons. The highest BCUT2D eigenvalue weighted by Gasteiger charge is 2.25. The summed E-state index contributed by atoms with van der Waals surface area (Å²) in [6.45, 7) is 10.5. The number of ether oxygens (including phenoxy) is 2. The molecule has 2 aromatic rings. The fraction of sp³-hybridized carbons (Fsp3) is 0.450. The molecule has 0 saturated heterocycles. The highest BCUT2D eigenvalue weighted by Crippen LogP contribution is 2.28. The number of alkyl carbamates (subject to hydrolysis) is 1. The van der Waals surface area contributed by atoms with Crippen molar-refractivity contribution < 1.29 is 23.5 Å². The standard InChI is InChI=1S/C20H25NO6/c1-7-14(21-19(24)27-20(4,5)6)18(23)25-15-9-8-13-11(2)10-16(22)26-17(13)12(15)3/h8-10,14H,7H2,1-6H3,(H,21,24)/t14-/m1/s1. The van der Waals surface area contributed by atoms with Gasteiger partial charge in [-0.2, -0.15) is 0 Å². The Morgan fingerprint density at radius 3 is 2.48 bits per heavy atom. The summed E-state index contributed by atoms with van der Waals surface area (Å²) in [4.78, 5) is 36.0. The summed E-state index contributed by atoms with van der Waals surface area (Å²) in [7, 11) is 0. The summed E-state index contributed by atoms with van der Waals surface area (Å²) in [5.74, 6) is -0.355. The van der Waals surface area contributed by atoms with E-state index in [2.05, 4.69) is 5.32 Å². The van der Waals surface area contributed by atoms with Crippen LogP contribution in [0.1, 0.15) is 45.2 Å². The first-order valence-corrected chi connectivity index (χ1v) is 8.77. The molecule has 0 aliphatic heterocycles. The number of amides is 1. The molecule has 1 heterocycles. The molecule has 7 heteroatoms. The van der Waals surface area contributed by atoms with Gasteiger partial charge >= 0.3 is 17.7 Å². The van der Waals surface area contributed by atoms with Crippen LogP contribution in [0.4, 0.5) is 4.79 Å². The molecule has 1 N–H and O–H groups in total. The fourth-order valence-corrected chi connectivity index (χ4v) is 2.57. The highest BCUT2D eigenvalue weighted by atomic mass is 16.6. The van der Waals surface area contributed by atoms with Gasteiger partial charge in [-0.3, -0.25) is 0 Å². The van der Waals surface area contributed by atoms with Crippen LogP contribution in [0.15, 0.2) is 27.4 Å². The first kappa shape index (κ1) is 20.5. The zero-order valence-electron chi connectivity index (χ0n) is 16.5. The van der Waals surface area contributed by atoms with Gasteiger partial charge in [-0.15, -0.1) is 0 Å². The van der Waals surface area contributed by atoms with Gasteiger partial charge in [-0.25, -0.2) is 14.4 Å². The lowest BCUT2D eigenvalue weighted by Gasteiger charge is -2.22. The topological polar surface area (TPSA) is 94.8 Å². The third-order valence-corrected chi connectivity index (χ3v) is 3.91. The monoisotopic (exact) mass is 375 g/mol. The number of rotatable bonds is 4. The maximum Gasteiger partial charge on any atom is 0.408 e. The first-order valence-electron chi connectivity index (χ1n) is 8.77. The van der Waals surface area contributed by atoms with Crippen LogP contribution < -0.4 is 15.7 Å². The van der Waals surface area contributed by atoms with Crippen molar-refractivity contribution in [2.75, 3.05) is 0 Å². The van der Waals surface area contributed by atoms with E-state index in [1.807, 2.05) is 6.92 Å². The maximum absolute atomic E-state index is 12.5.